The van der Waals surface area contributed by atoms with Crippen LogP contribution in [0.15, 0.2) is 107 Å². The van der Waals surface area contributed by atoms with Gasteiger partial charge in [-0.05, 0) is 103 Å². The third-order valence-electron chi connectivity index (χ3n) is 7.79. The van der Waals surface area contributed by atoms with Crippen molar-refractivity contribution < 1.29 is 22.6 Å². The van der Waals surface area contributed by atoms with E-state index in [1.807, 2.05) is 86.1 Å². The normalized spacial score (nSPS) is 11.7. The minimum Gasteiger partial charge on any atom is -0.494 e. The molecule has 0 atom stereocenters. The number of nitrogens with one attached hydrogen (secondary N) is 1. The van der Waals surface area contributed by atoms with Gasteiger partial charge in [0.2, 0.25) is 9.84 Å². The average Bonchev–Trinajstić information content (AvgIpc) is 3.45. The summed E-state index contributed by atoms with van der Waals surface area (Å²) in [6, 6.07) is 26.7. The van der Waals surface area contributed by atoms with Crippen LogP contribution >= 0.6 is 0 Å². The fraction of sp³-hybridized carbons (Fsp3) is 0.297. The first-order valence-corrected chi connectivity index (χ1v) is 16.9. The first-order chi connectivity index (χ1) is 21.8. The van der Waals surface area contributed by atoms with E-state index in [9.17, 15) is 8.42 Å². The van der Waals surface area contributed by atoms with E-state index in [0.29, 0.717) is 29.4 Å². The number of fused-ring (bicyclic) bond motifs is 1. The topological polar surface area (TPSA) is 78.3 Å². The van der Waals surface area contributed by atoms with Crippen molar-refractivity contribution in [3.05, 3.63) is 120 Å². The minimum absolute atomic E-state index is 0.0719. The van der Waals surface area contributed by atoms with Gasteiger partial charge in [-0.2, -0.15) is 0 Å². The van der Waals surface area contributed by atoms with E-state index in [1.54, 1.807) is 31.4 Å². The highest BCUT2D eigenvalue weighted by Crippen LogP contribution is 2.35. The Morgan fingerprint density at radius 3 is 2.36 bits per heavy atom. The van der Waals surface area contributed by atoms with E-state index in [1.165, 1.54) is 5.56 Å². The Kier molecular flexibility index (Phi) is 10.5. The third kappa shape index (κ3) is 7.70. The fourth-order valence-corrected chi connectivity index (χ4v) is 7.24. The van der Waals surface area contributed by atoms with Gasteiger partial charge in [-0.25, -0.2) is 8.42 Å². The van der Waals surface area contributed by atoms with Crippen molar-refractivity contribution in [1.29, 1.82) is 0 Å². The molecule has 0 spiro atoms. The Balaban J connectivity index is 1.09. The lowest BCUT2D eigenvalue weighted by molar-refractivity contribution is 0.283. The van der Waals surface area contributed by atoms with Crippen molar-refractivity contribution in [2.45, 2.75) is 55.9 Å². The zero-order valence-corrected chi connectivity index (χ0v) is 27.3. The summed E-state index contributed by atoms with van der Waals surface area (Å²) in [5, 5.41) is 3.49. The lowest BCUT2D eigenvalue weighted by Crippen LogP contribution is -2.20. The van der Waals surface area contributed by atoms with Gasteiger partial charge in [0.1, 0.15) is 17.3 Å². The van der Waals surface area contributed by atoms with Crippen LogP contribution in [0.3, 0.4) is 0 Å². The molecule has 1 N–H and O–H groups in total. The highest BCUT2D eigenvalue weighted by Gasteiger charge is 2.27. The van der Waals surface area contributed by atoms with Crippen LogP contribution in [0.5, 0.6) is 17.2 Å². The number of aromatic nitrogens is 1. The molecule has 0 aliphatic heterocycles. The zero-order chi connectivity index (χ0) is 31.8. The Morgan fingerprint density at radius 2 is 1.62 bits per heavy atom. The number of rotatable bonds is 15. The molecule has 0 bridgehead atoms. The molecule has 7 nitrogen and oxygen atoms in total. The first kappa shape index (κ1) is 32.1. The summed E-state index contributed by atoms with van der Waals surface area (Å²) >= 11 is 0. The van der Waals surface area contributed by atoms with Crippen molar-refractivity contribution in [2.24, 2.45) is 0 Å². The van der Waals surface area contributed by atoms with Crippen LogP contribution in [0, 0.1) is 6.92 Å². The maximum atomic E-state index is 13.7. The molecule has 0 unspecified atom stereocenters. The van der Waals surface area contributed by atoms with Crippen LogP contribution in [0.2, 0.25) is 0 Å². The largest absolute Gasteiger partial charge is 0.494 e. The molecule has 0 radical (unpaired) electrons. The van der Waals surface area contributed by atoms with Gasteiger partial charge in [0.25, 0.3) is 0 Å². The van der Waals surface area contributed by atoms with E-state index in [4.69, 9.17) is 14.2 Å². The Hall–Kier alpha value is -4.27. The molecule has 0 aliphatic rings. The maximum Gasteiger partial charge on any atom is 0.209 e. The van der Waals surface area contributed by atoms with Gasteiger partial charge in [0.05, 0.1) is 24.1 Å². The van der Waals surface area contributed by atoms with E-state index >= 15 is 0 Å². The van der Waals surface area contributed by atoms with Gasteiger partial charge in [0, 0.05) is 12.4 Å². The van der Waals surface area contributed by atoms with Gasteiger partial charge in [-0.1, -0.05) is 56.3 Å². The molecule has 5 rings (SSSR count). The first-order valence-electron chi connectivity index (χ1n) is 15.4. The highest BCUT2D eigenvalue weighted by molar-refractivity contribution is 7.91. The van der Waals surface area contributed by atoms with Crippen LogP contribution in [-0.4, -0.2) is 39.6 Å². The highest BCUT2D eigenvalue weighted by atomic mass is 32.2. The van der Waals surface area contributed by atoms with Gasteiger partial charge in [0.15, 0.2) is 11.5 Å². The van der Waals surface area contributed by atoms with Crippen molar-refractivity contribution in [3.63, 3.8) is 0 Å². The van der Waals surface area contributed by atoms with Crippen LogP contribution in [0.4, 0.5) is 0 Å². The molecule has 2 heterocycles. The molecule has 0 aliphatic carbocycles. The number of pyridine rings is 1. The summed E-state index contributed by atoms with van der Waals surface area (Å²) in [5.74, 6) is 2.24. The maximum absolute atomic E-state index is 13.7. The molecule has 45 heavy (non-hydrogen) atoms. The summed E-state index contributed by atoms with van der Waals surface area (Å²) in [6.07, 6.45) is 5.47. The van der Waals surface area contributed by atoms with Crippen LogP contribution in [0.25, 0.3) is 5.52 Å². The number of sulfone groups is 1. The average molecular weight is 627 g/mol. The van der Waals surface area contributed by atoms with Crippen molar-refractivity contribution >= 4 is 15.4 Å². The van der Waals surface area contributed by atoms with Crippen molar-refractivity contribution in [3.8, 4) is 17.2 Å². The molecule has 236 valence electrons. The molecule has 2 aromatic heterocycles. The molecule has 3 aromatic carbocycles. The van der Waals surface area contributed by atoms with Gasteiger partial charge < -0.3 is 23.9 Å². The van der Waals surface area contributed by atoms with Gasteiger partial charge in [-0.15, -0.1) is 0 Å². The Labute approximate surface area is 266 Å². The molecule has 8 heteroatoms. The number of hydrogen-bond acceptors (Lipinski definition) is 6. The number of nitrogens with zero attached hydrogens (tertiary/aromatic N) is 1. The van der Waals surface area contributed by atoms with Crippen LogP contribution in [0.1, 0.15) is 48.4 Å². The number of ether oxygens (including phenoxy) is 3. The van der Waals surface area contributed by atoms with E-state index in [2.05, 4.69) is 17.4 Å². The summed E-state index contributed by atoms with van der Waals surface area (Å²) in [7, 11) is -2.03. The fourth-order valence-electron chi connectivity index (χ4n) is 5.46. The predicted octanol–water partition coefficient (Wildman–Crippen LogP) is 7.39. The quantitative estimate of drug-likeness (QED) is 0.122. The monoisotopic (exact) mass is 626 g/mol. The molecular weight excluding hydrogens is 584 g/mol. The van der Waals surface area contributed by atoms with Crippen molar-refractivity contribution in [1.82, 2.24) is 9.72 Å². The standard InChI is InChI=1S/C37H42N2O5S/c1-27(2)33-25-39-21-9-8-13-34(39)37(33)45(40,41)32-16-14-31(15-17-32)43-22-10-19-38-20-18-30-23-28(3)36(42-4)35(24-30)44-26-29-11-6-5-7-12-29/h5-9,11-17,21,23-25,27,38H,10,18-20,22,26H2,1-4H3. The lowest BCUT2D eigenvalue weighted by Gasteiger charge is -2.15. The molecule has 0 saturated carbocycles. The molecule has 0 amide bonds. The number of hydrogen-bond donors (Lipinski definition) is 1. The molecule has 5 aromatic rings. The summed E-state index contributed by atoms with van der Waals surface area (Å²) in [4.78, 5) is 0.635. The Bertz CT molecular complexity index is 1810. The Morgan fingerprint density at radius 1 is 0.867 bits per heavy atom. The summed E-state index contributed by atoms with van der Waals surface area (Å²) in [6.45, 7) is 8.70. The van der Waals surface area contributed by atoms with E-state index < -0.39 is 9.84 Å². The number of methoxy groups -OCH3 is 1. The molecular formula is C37H42N2O5S. The number of benzene rings is 3. The predicted molar refractivity (Wildman–Crippen MR) is 179 cm³/mol. The third-order valence-corrected chi connectivity index (χ3v) is 9.66. The minimum atomic E-state index is -3.70. The van der Waals surface area contributed by atoms with E-state index in [-0.39, 0.29) is 10.8 Å². The van der Waals surface area contributed by atoms with Gasteiger partial charge in [-0.3, -0.25) is 0 Å². The summed E-state index contributed by atoms with van der Waals surface area (Å²) < 4.78 is 46.9. The van der Waals surface area contributed by atoms with Gasteiger partial charge >= 0.3 is 0 Å². The SMILES string of the molecule is COc1c(C)cc(CCNCCCOc2ccc(S(=O)(=O)c3c(C(C)C)cn4ccccc34)cc2)cc1OCc1ccccc1. The van der Waals surface area contributed by atoms with Crippen LogP contribution in [-0.2, 0) is 22.9 Å². The molecule has 0 fully saturated rings. The number of aryl methyl sites for hydroxylation is 1. The second-order valence-electron chi connectivity index (χ2n) is 11.5. The van der Waals surface area contributed by atoms with Crippen molar-refractivity contribution in [2.75, 3.05) is 26.8 Å². The zero-order valence-electron chi connectivity index (χ0n) is 26.5. The second kappa shape index (κ2) is 14.7. The smallest absolute Gasteiger partial charge is 0.209 e. The summed E-state index contributed by atoms with van der Waals surface area (Å²) in [5.41, 5.74) is 4.84. The van der Waals surface area contributed by atoms with E-state index in [0.717, 1.165) is 54.1 Å². The lowest BCUT2D eigenvalue weighted by atomic mass is 10.1. The van der Waals surface area contributed by atoms with Crippen LogP contribution < -0.4 is 19.5 Å². The second-order valence-corrected chi connectivity index (χ2v) is 13.3. The molecule has 0 saturated heterocycles.